The van der Waals surface area contributed by atoms with Crippen LogP contribution in [0.5, 0.6) is 0 Å². The van der Waals surface area contributed by atoms with Crippen molar-refractivity contribution in [1.82, 2.24) is 25.5 Å². The van der Waals surface area contributed by atoms with E-state index in [0.717, 1.165) is 10.9 Å². The summed E-state index contributed by atoms with van der Waals surface area (Å²) >= 11 is 0. The highest BCUT2D eigenvalue weighted by atomic mass is 16.3. The number of rotatable bonds is 5. The monoisotopic (exact) mass is 314 g/mol. The number of hydrogen-bond acceptors (Lipinski definition) is 5. The predicted octanol–water partition coefficient (Wildman–Crippen LogP) is 0.0154. The van der Waals surface area contributed by atoms with Crippen LogP contribution in [0.3, 0.4) is 0 Å². The Morgan fingerprint density at radius 1 is 1.30 bits per heavy atom. The molecule has 5 N–H and O–H groups in total. The third-order valence-corrected chi connectivity index (χ3v) is 3.26. The number of carbonyl (C=O) groups is 2. The van der Waals surface area contributed by atoms with Gasteiger partial charge in [0.15, 0.2) is 0 Å². The summed E-state index contributed by atoms with van der Waals surface area (Å²) in [6.45, 7) is -0.530. The second kappa shape index (κ2) is 6.28. The van der Waals surface area contributed by atoms with Gasteiger partial charge in [0.2, 0.25) is 5.91 Å². The molecular weight excluding hydrogens is 300 g/mol. The maximum atomic E-state index is 12.2. The summed E-state index contributed by atoms with van der Waals surface area (Å²) < 4.78 is 0. The molecule has 1 aromatic carbocycles. The van der Waals surface area contributed by atoms with Gasteiger partial charge in [0.25, 0.3) is 5.91 Å². The van der Waals surface area contributed by atoms with Crippen molar-refractivity contribution in [2.24, 2.45) is 0 Å². The zero-order chi connectivity index (χ0) is 16.2. The molecule has 1 atom stereocenters. The minimum atomic E-state index is -1.08. The molecule has 0 saturated heterocycles. The van der Waals surface area contributed by atoms with Gasteiger partial charge < -0.3 is 20.7 Å². The van der Waals surface area contributed by atoms with E-state index in [1.165, 1.54) is 12.5 Å². The Kier molecular flexibility index (Phi) is 4.02. The Labute approximate surface area is 130 Å². The van der Waals surface area contributed by atoms with E-state index in [4.69, 9.17) is 0 Å². The Morgan fingerprint density at radius 2 is 2.17 bits per heavy atom. The minimum Gasteiger partial charge on any atom is -0.394 e. The summed E-state index contributed by atoms with van der Waals surface area (Å²) in [6, 6.07) is 4.14. The van der Waals surface area contributed by atoms with E-state index in [9.17, 15) is 14.7 Å². The number of carbonyl (C=O) groups excluding carboxylic acids is 2. The molecule has 0 fully saturated rings. The number of aromatic nitrogens is 4. The number of benzene rings is 1. The molecule has 118 valence electrons. The Morgan fingerprint density at radius 3 is 2.91 bits per heavy atom. The average Bonchev–Trinajstić information content (AvgIpc) is 3.22. The van der Waals surface area contributed by atoms with Gasteiger partial charge in [-0.05, 0) is 18.2 Å². The largest absolute Gasteiger partial charge is 0.394 e. The molecule has 9 nitrogen and oxygen atoms in total. The fourth-order valence-electron chi connectivity index (χ4n) is 2.05. The van der Waals surface area contributed by atoms with Crippen molar-refractivity contribution in [3.05, 3.63) is 42.6 Å². The molecule has 0 saturated carbocycles. The normalized spacial score (nSPS) is 12.0. The molecule has 0 spiro atoms. The highest BCUT2D eigenvalue weighted by molar-refractivity contribution is 6.01. The first-order valence-corrected chi connectivity index (χ1v) is 6.81. The van der Waals surface area contributed by atoms with Gasteiger partial charge in [-0.3, -0.25) is 14.7 Å². The number of H-pyrrole nitrogens is 2. The number of fused-ring (bicyclic) bond motifs is 1. The smallest absolute Gasteiger partial charge is 0.270 e. The molecule has 0 bridgehead atoms. The topological polar surface area (TPSA) is 136 Å². The number of aliphatic hydroxyl groups excluding tert-OH is 1. The molecular formula is C14H14N6O3. The van der Waals surface area contributed by atoms with Gasteiger partial charge in [-0.25, -0.2) is 4.98 Å². The van der Waals surface area contributed by atoms with Crippen molar-refractivity contribution in [3.8, 4) is 0 Å². The third-order valence-electron chi connectivity index (χ3n) is 3.26. The molecule has 3 rings (SSSR count). The average molecular weight is 314 g/mol. The van der Waals surface area contributed by atoms with E-state index >= 15 is 0 Å². The van der Waals surface area contributed by atoms with Gasteiger partial charge in [0.1, 0.15) is 11.7 Å². The van der Waals surface area contributed by atoms with Crippen LogP contribution in [0.15, 0.2) is 36.9 Å². The van der Waals surface area contributed by atoms with Crippen LogP contribution >= 0.6 is 0 Å². The SMILES string of the molecule is O=C(NC(CO)C(=O)Nc1ccc2cn[nH]c2c1)c1cnc[nH]1. The van der Waals surface area contributed by atoms with Crippen molar-refractivity contribution < 1.29 is 14.7 Å². The van der Waals surface area contributed by atoms with E-state index in [1.54, 1.807) is 24.4 Å². The second-order valence-electron chi connectivity index (χ2n) is 4.84. The van der Waals surface area contributed by atoms with Crippen LogP contribution in [0, 0.1) is 0 Å². The summed E-state index contributed by atoms with van der Waals surface area (Å²) in [5.41, 5.74) is 1.50. The Balaban J connectivity index is 1.68. The van der Waals surface area contributed by atoms with Gasteiger partial charge in [-0.15, -0.1) is 0 Å². The van der Waals surface area contributed by atoms with Crippen LogP contribution < -0.4 is 10.6 Å². The molecule has 1 unspecified atom stereocenters. The zero-order valence-electron chi connectivity index (χ0n) is 11.9. The quantitative estimate of drug-likeness (QED) is 0.452. The first-order chi connectivity index (χ1) is 11.2. The maximum Gasteiger partial charge on any atom is 0.270 e. The third kappa shape index (κ3) is 3.19. The van der Waals surface area contributed by atoms with Crippen LogP contribution in [-0.4, -0.2) is 49.7 Å². The Bertz CT molecular complexity index is 826. The van der Waals surface area contributed by atoms with Crippen LogP contribution in [0.1, 0.15) is 10.5 Å². The molecule has 3 aromatic rings. The van der Waals surface area contributed by atoms with Gasteiger partial charge in [0.05, 0.1) is 30.8 Å². The molecule has 2 amide bonds. The van der Waals surface area contributed by atoms with Crippen LogP contribution in [0.2, 0.25) is 0 Å². The van der Waals surface area contributed by atoms with Crippen LogP contribution in [0.25, 0.3) is 10.9 Å². The maximum absolute atomic E-state index is 12.2. The van der Waals surface area contributed by atoms with Gasteiger partial charge in [-0.1, -0.05) is 0 Å². The lowest BCUT2D eigenvalue weighted by molar-refractivity contribution is -0.118. The number of aromatic amines is 2. The molecule has 0 aliphatic carbocycles. The van der Waals surface area contributed by atoms with E-state index < -0.39 is 24.5 Å². The molecule has 2 heterocycles. The molecule has 0 aliphatic rings. The fraction of sp³-hybridized carbons (Fsp3) is 0.143. The van der Waals surface area contributed by atoms with Gasteiger partial charge in [0, 0.05) is 11.1 Å². The lowest BCUT2D eigenvalue weighted by Crippen LogP contribution is -2.46. The van der Waals surface area contributed by atoms with Crippen molar-refractivity contribution in [2.45, 2.75) is 6.04 Å². The lowest BCUT2D eigenvalue weighted by Gasteiger charge is -2.15. The van der Waals surface area contributed by atoms with Crippen molar-refractivity contribution >= 4 is 28.4 Å². The lowest BCUT2D eigenvalue weighted by atomic mass is 10.2. The van der Waals surface area contributed by atoms with Crippen molar-refractivity contribution in [1.29, 1.82) is 0 Å². The highest BCUT2D eigenvalue weighted by Gasteiger charge is 2.21. The number of amides is 2. The molecule has 9 heteroatoms. The number of aliphatic hydroxyl groups is 1. The summed E-state index contributed by atoms with van der Waals surface area (Å²) in [4.78, 5) is 30.4. The number of hydrogen-bond donors (Lipinski definition) is 5. The number of imidazole rings is 1. The van der Waals surface area contributed by atoms with E-state index in [0.29, 0.717) is 5.69 Å². The summed E-state index contributed by atoms with van der Waals surface area (Å²) in [5, 5.41) is 22.0. The number of nitrogens with one attached hydrogen (secondary N) is 4. The zero-order valence-corrected chi connectivity index (χ0v) is 11.9. The first kappa shape index (κ1) is 14.7. The molecule has 2 aromatic heterocycles. The van der Waals surface area contributed by atoms with E-state index in [-0.39, 0.29) is 5.69 Å². The molecule has 0 aliphatic heterocycles. The van der Waals surface area contributed by atoms with E-state index in [2.05, 4.69) is 30.8 Å². The number of anilines is 1. The van der Waals surface area contributed by atoms with Gasteiger partial charge >= 0.3 is 0 Å². The number of nitrogens with zero attached hydrogens (tertiary/aromatic N) is 2. The van der Waals surface area contributed by atoms with Crippen molar-refractivity contribution in [2.75, 3.05) is 11.9 Å². The highest BCUT2D eigenvalue weighted by Crippen LogP contribution is 2.16. The Hall–Kier alpha value is -3.20. The summed E-state index contributed by atoms with van der Waals surface area (Å²) in [5.74, 6) is -1.06. The molecule has 23 heavy (non-hydrogen) atoms. The second-order valence-corrected chi connectivity index (χ2v) is 4.84. The minimum absolute atomic E-state index is 0.204. The van der Waals surface area contributed by atoms with Gasteiger partial charge in [-0.2, -0.15) is 5.10 Å². The standard InChI is InChI=1S/C14H14N6O3/c21-6-12(19-13(22)11-5-15-7-16-11)14(23)18-9-2-1-8-4-17-20-10(8)3-9/h1-5,7,12,21H,6H2,(H,15,16)(H,17,20)(H,18,23)(H,19,22). The molecule has 0 radical (unpaired) electrons. The summed E-state index contributed by atoms with van der Waals surface area (Å²) in [6.07, 6.45) is 4.35. The van der Waals surface area contributed by atoms with Crippen LogP contribution in [0.4, 0.5) is 5.69 Å². The van der Waals surface area contributed by atoms with Crippen LogP contribution in [-0.2, 0) is 4.79 Å². The first-order valence-electron chi connectivity index (χ1n) is 6.81. The van der Waals surface area contributed by atoms with E-state index in [1.807, 2.05) is 0 Å². The summed E-state index contributed by atoms with van der Waals surface area (Å²) in [7, 11) is 0. The predicted molar refractivity (Wildman–Crippen MR) is 81.7 cm³/mol. The fourth-order valence-corrected chi connectivity index (χ4v) is 2.05. The van der Waals surface area contributed by atoms with Crippen molar-refractivity contribution in [3.63, 3.8) is 0 Å².